The van der Waals surface area contributed by atoms with Gasteiger partial charge in [0.2, 0.25) is 0 Å². The van der Waals surface area contributed by atoms with Crippen molar-refractivity contribution in [2.45, 2.75) is 0 Å². The second-order valence-electron chi connectivity index (χ2n) is 13.9. The minimum atomic E-state index is -0.291. The molecule has 0 atom stereocenters. The van der Waals surface area contributed by atoms with Crippen molar-refractivity contribution in [2.75, 3.05) is 0 Å². The van der Waals surface area contributed by atoms with Crippen LogP contribution in [0.5, 0.6) is 0 Å². The number of benzene rings is 8. The van der Waals surface area contributed by atoms with Gasteiger partial charge in [0, 0.05) is 78.9 Å². The molecule has 6 heteroatoms. The first-order chi connectivity index (χ1) is 30.7. The first-order valence-corrected chi connectivity index (χ1v) is 20.2. The molecule has 0 fully saturated rings. The van der Waals surface area contributed by atoms with Crippen molar-refractivity contribution in [2.24, 2.45) is 0 Å². The van der Waals surface area contributed by atoms with Gasteiger partial charge in [-0.25, -0.2) is 15.0 Å². The van der Waals surface area contributed by atoms with E-state index in [1.54, 1.807) is 11.3 Å². The highest BCUT2D eigenvalue weighted by atomic mass is 32.1. The van der Waals surface area contributed by atoms with Crippen molar-refractivity contribution < 1.29 is 8.22 Å². The number of nitrogens with zero attached hydrogens (tertiary/aromatic N) is 4. The standard InChI is InChI=1S/C51H30N4S2/c1-2-14-31(15-3-1)49-52-50(54-51(53-49)41-23-13-22-40-37-19-7-11-27-46(37)57-48(40)41)32-28-29-35(38-20-12-21-39-36-18-6-10-26-45(36)56-47(38)39)44(30-32)55-42-24-8-4-16-33(42)34-17-5-9-25-43(34)55/h1-30H/i6D,12D,18D,20D,21D,26D. The molecule has 0 aliphatic rings. The topological polar surface area (TPSA) is 43.6 Å². The lowest BCUT2D eigenvalue weighted by molar-refractivity contribution is 1.07. The summed E-state index contributed by atoms with van der Waals surface area (Å²) in [6.07, 6.45) is 0. The lowest BCUT2D eigenvalue weighted by atomic mass is 9.98. The molecule has 266 valence electrons. The molecule has 8 aromatic carbocycles. The van der Waals surface area contributed by atoms with E-state index >= 15 is 0 Å². The normalized spacial score (nSPS) is 13.3. The Labute approximate surface area is 344 Å². The van der Waals surface area contributed by atoms with E-state index in [2.05, 4.69) is 65.2 Å². The van der Waals surface area contributed by atoms with Crippen molar-refractivity contribution in [3.8, 4) is 51.0 Å². The maximum Gasteiger partial charge on any atom is 0.165 e. The van der Waals surface area contributed by atoms with Crippen LogP contribution in [0.2, 0.25) is 0 Å². The summed E-state index contributed by atoms with van der Waals surface area (Å²) in [5, 5.41) is 4.99. The lowest BCUT2D eigenvalue weighted by Gasteiger charge is -2.17. The molecular weight excluding hydrogens is 733 g/mol. The van der Waals surface area contributed by atoms with Gasteiger partial charge in [0.25, 0.3) is 0 Å². The monoisotopic (exact) mass is 768 g/mol. The molecule has 12 aromatic rings. The summed E-state index contributed by atoms with van der Waals surface area (Å²) in [6, 6.07) is 47.4. The lowest BCUT2D eigenvalue weighted by Crippen LogP contribution is -2.02. The minimum absolute atomic E-state index is 0.0692. The van der Waals surface area contributed by atoms with Crippen LogP contribution in [0.3, 0.4) is 0 Å². The van der Waals surface area contributed by atoms with Gasteiger partial charge >= 0.3 is 0 Å². The Kier molecular flexibility index (Phi) is 6.00. The van der Waals surface area contributed by atoms with Gasteiger partial charge in [-0.05, 0) is 36.4 Å². The highest BCUT2D eigenvalue weighted by Crippen LogP contribution is 2.45. The van der Waals surface area contributed by atoms with Gasteiger partial charge in [-0.15, -0.1) is 22.7 Å². The predicted molar refractivity (Wildman–Crippen MR) is 242 cm³/mol. The van der Waals surface area contributed by atoms with Crippen LogP contribution in [-0.4, -0.2) is 19.5 Å². The zero-order valence-electron chi connectivity index (χ0n) is 36.0. The fourth-order valence-electron chi connectivity index (χ4n) is 8.07. The van der Waals surface area contributed by atoms with E-state index in [4.69, 9.17) is 21.8 Å². The Balaban J connectivity index is 1.18. The van der Waals surface area contributed by atoms with Crippen molar-refractivity contribution in [1.82, 2.24) is 19.5 Å². The zero-order chi connectivity index (χ0) is 42.7. The Morgan fingerprint density at radius 2 is 1.05 bits per heavy atom. The Morgan fingerprint density at radius 3 is 1.88 bits per heavy atom. The fraction of sp³-hybridized carbons (Fsp3) is 0. The van der Waals surface area contributed by atoms with Gasteiger partial charge in [-0.3, -0.25) is 0 Å². The highest BCUT2D eigenvalue weighted by Gasteiger charge is 2.21. The SMILES string of the molecule is [2H]c1cc([2H])c2sc3c(-c4ccc(-c5nc(-c6ccccc6)nc(-c6cccc7c6sc6ccccc67)n5)cc4-n4c5ccccc5c5ccccc54)c([2H])c([2H])c([2H])c3c2c1[2H]. The highest BCUT2D eigenvalue weighted by molar-refractivity contribution is 7.26. The summed E-state index contributed by atoms with van der Waals surface area (Å²) >= 11 is 2.94. The van der Waals surface area contributed by atoms with Crippen molar-refractivity contribution in [3.63, 3.8) is 0 Å². The Bertz CT molecular complexity index is 3840. The second kappa shape index (κ2) is 12.8. The molecule has 0 saturated heterocycles. The summed E-state index contributed by atoms with van der Waals surface area (Å²) in [4.78, 5) is 15.5. The summed E-state index contributed by atoms with van der Waals surface area (Å²) in [6.45, 7) is 0. The number of rotatable bonds is 5. The van der Waals surface area contributed by atoms with Crippen molar-refractivity contribution >= 4 is 84.8 Å². The number of hydrogen-bond donors (Lipinski definition) is 0. The average molecular weight is 769 g/mol. The number of para-hydroxylation sites is 2. The van der Waals surface area contributed by atoms with E-state index in [0.29, 0.717) is 60.0 Å². The van der Waals surface area contributed by atoms with Crippen LogP contribution in [-0.2, 0) is 0 Å². The number of hydrogen-bond acceptors (Lipinski definition) is 5. The van der Waals surface area contributed by atoms with E-state index < -0.39 is 0 Å². The van der Waals surface area contributed by atoms with E-state index in [9.17, 15) is 1.37 Å². The van der Waals surface area contributed by atoms with E-state index in [0.717, 1.165) is 43.0 Å². The van der Waals surface area contributed by atoms with Gasteiger partial charge in [0.1, 0.15) is 0 Å². The first kappa shape index (κ1) is 26.8. The summed E-state index contributed by atoms with van der Waals surface area (Å²) in [5.74, 6) is 1.51. The molecule has 0 unspecified atom stereocenters. The summed E-state index contributed by atoms with van der Waals surface area (Å²) < 4.78 is 59.3. The van der Waals surface area contributed by atoms with Crippen molar-refractivity contribution in [3.05, 3.63) is 182 Å². The van der Waals surface area contributed by atoms with Crippen LogP contribution >= 0.6 is 22.7 Å². The van der Waals surface area contributed by atoms with Gasteiger partial charge in [0.05, 0.1) is 24.9 Å². The van der Waals surface area contributed by atoms with E-state index in [1.165, 1.54) is 27.5 Å². The molecule has 0 N–H and O–H groups in total. The van der Waals surface area contributed by atoms with Crippen molar-refractivity contribution in [1.29, 1.82) is 0 Å². The summed E-state index contributed by atoms with van der Waals surface area (Å²) in [7, 11) is 0. The van der Waals surface area contributed by atoms with Gasteiger partial charge < -0.3 is 4.57 Å². The van der Waals surface area contributed by atoms with Gasteiger partial charge in [-0.2, -0.15) is 0 Å². The summed E-state index contributed by atoms with van der Waals surface area (Å²) in [5.41, 5.74) is 6.03. The maximum absolute atomic E-state index is 9.52. The molecule has 0 aliphatic carbocycles. The smallest absolute Gasteiger partial charge is 0.165 e. The molecule has 57 heavy (non-hydrogen) atoms. The maximum atomic E-state index is 9.52. The Hall–Kier alpha value is -6.99. The molecule has 0 saturated carbocycles. The molecule has 0 aliphatic heterocycles. The minimum Gasteiger partial charge on any atom is -0.309 e. The van der Waals surface area contributed by atoms with Crippen LogP contribution in [0.25, 0.3) is 113 Å². The molecule has 4 heterocycles. The molecule has 12 rings (SSSR count). The fourth-order valence-corrected chi connectivity index (χ4v) is 10.4. The zero-order valence-corrected chi connectivity index (χ0v) is 31.6. The molecule has 0 spiro atoms. The molecule has 4 nitrogen and oxygen atoms in total. The van der Waals surface area contributed by atoms with Crippen LogP contribution in [0.4, 0.5) is 0 Å². The molecule has 4 aromatic heterocycles. The third-order valence-electron chi connectivity index (χ3n) is 10.6. The Morgan fingerprint density at radius 1 is 0.404 bits per heavy atom. The van der Waals surface area contributed by atoms with Crippen LogP contribution in [0.1, 0.15) is 8.22 Å². The second-order valence-corrected chi connectivity index (χ2v) is 15.9. The first-order valence-electron chi connectivity index (χ1n) is 21.5. The van der Waals surface area contributed by atoms with Gasteiger partial charge in [-0.1, -0.05) is 145 Å². The average Bonchev–Trinajstić information content (AvgIpc) is 4.01. The van der Waals surface area contributed by atoms with Gasteiger partial charge in [0.15, 0.2) is 17.5 Å². The molecular formula is C51H30N4S2. The van der Waals surface area contributed by atoms with Crippen LogP contribution < -0.4 is 0 Å². The van der Waals surface area contributed by atoms with Crippen LogP contribution in [0.15, 0.2) is 182 Å². The number of fused-ring (bicyclic) bond motifs is 9. The number of thiophene rings is 2. The van der Waals surface area contributed by atoms with E-state index in [1.807, 2.05) is 78.9 Å². The van der Waals surface area contributed by atoms with E-state index in [-0.39, 0.29) is 36.3 Å². The molecule has 0 bridgehead atoms. The molecule has 0 radical (unpaired) electrons. The molecule has 0 amide bonds. The third kappa shape index (κ3) is 5.08. The third-order valence-corrected chi connectivity index (χ3v) is 13.0. The largest absolute Gasteiger partial charge is 0.309 e. The predicted octanol–water partition coefficient (Wildman–Crippen LogP) is 14.4. The number of aromatic nitrogens is 4. The quantitative estimate of drug-likeness (QED) is 0.175. The van der Waals surface area contributed by atoms with Crippen LogP contribution in [0, 0.1) is 0 Å².